The van der Waals surface area contributed by atoms with Gasteiger partial charge in [-0.25, -0.2) is 0 Å². The lowest BCUT2D eigenvalue weighted by molar-refractivity contribution is 0.112. The summed E-state index contributed by atoms with van der Waals surface area (Å²) >= 11 is 1.46. The summed E-state index contributed by atoms with van der Waals surface area (Å²) in [7, 11) is 0. The van der Waals surface area contributed by atoms with Gasteiger partial charge in [0.25, 0.3) is 0 Å². The summed E-state index contributed by atoms with van der Waals surface area (Å²) in [5, 5.41) is 1.94. The molecule has 1 aromatic heterocycles. The van der Waals surface area contributed by atoms with E-state index in [9.17, 15) is 4.79 Å². The molecule has 0 radical (unpaired) electrons. The third-order valence-corrected chi connectivity index (χ3v) is 3.88. The Labute approximate surface area is 121 Å². The molecule has 3 rings (SSSR count). The second-order valence-electron chi connectivity index (χ2n) is 4.29. The molecule has 0 unspecified atom stereocenters. The number of carbonyl (C=O) groups is 1. The monoisotopic (exact) mass is 279 g/mol. The van der Waals surface area contributed by atoms with E-state index in [0.717, 1.165) is 28.2 Å². The largest absolute Gasteiger partial charge is 0.309 e. The highest BCUT2D eigenvalue weighted by Gasteiger charge is 2.15. The van der Waals surface area contributed by atoms with Crippen molar-refractivity contribution in [3.05, 3.63) is 77.0 Å². The lowest BCUT2D eigenvalue weighted by Gasteiger charge is -2.24. The summed E-state index contributed by atoms with van der Waals surface area (Å²) in [6.45, 7) is 0. The third-order valence-electron chi connectivity index (χ3n) is 3.05. The fourth-order valence-corrected chi connectivity index (χ4v) is 2.85. The fourth-order valence-electron chi connectivity index (χ4n) is 2.17. The van der Waals surface area contributed by atoms with Gasteiger partial charge in [0.15, 0.2) is 6.29 Å². The predicted molar refractivity (Wildman–Crippen MR) is 84.4 cm³/mol. The van der Waals surface area contributed by atoms with Crippen LogP contribution >= 0.6 is 11.3 Å². The summed E-state index contributed by atoms with van der Waals surface area (Å²) < 4.78 is 0. The van der Waals surface area contributed by atoms with Gasteiger partial charge in [-0.15, -0.1) is 11.3 Å². The zero-order valence-electron chi connectivity index (χ0n) is 10.8. The molecule has 0 saturated carbocycles. The van der Waals surface area contributed by atoms with E-state index < -0.39 is 0 Å². The van der Waals surface area contributed by atoms with Crippen molar-refractivity contribution in [2.45, 2.75) is 0 Å². The lowest BCUT2D eigenvalue weighted by Crippen LogP contribution is -2.10. The summed E-state index contributed by atoms with van der Waals surface area (Å²) in [6.07, 6.45) is 0.916. The van der Waals surface area contributed by atoms with Crippen molar-refractivity contribution in [1.29, 1.82) is 0 Å². The number of benzene rings is 2. The number of carbonyl (C=O) groups excluding carboxylic acids is 1. The molecule has 0 amide bonds. The Balaban J connectivity index is 2.17. The zero-order chi connectivity index (χ0) is 13.8. The average molecular weight is 279 g/mol. The van der Waals surface area contributed by atoms with Gasteiger partial charge in [0, 0.05) is 11.4 Å². The first-order chi connectivity index (χ1) is 9.90. The number of hydrogen-bond acceptors (Lipinski definition) is 3. The Bertz CT molecular complexity index is 652. The molecule has 20 heavy (non-hydrogen) atoms. The van der Waals surface area contributed by atoms with Crippen LogP contribution in [0.3, 0.4) is 0 Å². The quantitative estimate of drug-likeness (QED) is 0.624. The van der Waals surface area contributed by atoms with E-state index >= 15 is 0 Å². The SMILES string of the molecule is O=Cc1sccc1N(c1ccccc1)c1ccccc1. The summed E-state index contributed by atoms with van der Waals surface area (Å²) in [5.74, 6) is 0. The smallest absolute Gasteiger partial charge is 0.162 e. The normalized spacial score (nSPS) is 10.2. The molecule has 2 aromatic carbocycles. The van der Waals surface area contributed by atoms with Crippen molar-refractivity contribution >= 4 is 34.7 Å². The zero-order valence-corrected chi connectivity index (χ0v) is 11.6. The van der Waals surface area contributed by atoms with Crippen molar-refractivity contribution in [1.82, 2.24) is 0 Å². The third kappa shape index (κ3) is 2.36. The van der Waals surface area contributed by atoms with E-state index in [4.69, 9.17) is 0 Å². The first kappa shape index (κ1) is 12.6. The Morgan fingerprint density at radius 2 is 1.35 bits per heavy atom. The number of rotatable bonds is 4. The molecule has 0 aliphatic rings. The highest BCUT2D eigenvalue weighted by molar-refractivity contribution is 7.12. The minimum absolute atomic E-state index is 0.734. The summed E-state index contributed by atoms with van der Waals surface area (Å²) in [5.41, 5.74) is 3.00. The predicted octanol–water partition coefficient (Wildman–Crippen LogP) is 5.03. The van der Waals surface area contributed by atoms with E-state index in [-0.39, 0.29) is 0 Å². The highest BCUT2D eigenvalue weighted by Crippen LogP contribution is 2.37. The van der Waals surface area contributed by atoms with Gasteiger partial charge in [-0.05, 0) is 35.7 Å². The summed E-state index contributed by atoms with van der Waals surface area (Å²) in [4.78, 5) is 14.1. The Morgan fingerprint density at radius 1 is 0.800 bits per heavy atom. The standard InChI is InChI=1S/C17H13NOS/c19-13-17-16(11-12-20-17)18(14-7-3-1-4-8-14)15-9-5-2-6-10-15/h1-13H. The molecule has 0 saturated heterocycles. The van der Waals surface area contributed by atoms with Gasteiger partial charge in [0.05, 0.1) is 10.6 Å². The summed E-state index contributed by atoms with van der Waals surface area (Å²) in [6, 6.07) is 22.1. The molecule has 98 valence electrons. The molecular weight excluding hydrogens is 266 g/mol. The second-order valence-corrected chi connectivity index (χ2v) is 5.24. The molecule has 1 heterocycles. The molecule has 0 N–H and O–H groups in total. The first-order valence-electron chi connectivity index (χ1n) is 6.33. The van der Waals surface area contributed by atoms with Crippen molar-refractivity contribution in [3.8, 4) is 0 Å². The van der Waals surface area contributed by atoms with Crippen LogP contribution in [0.25, 0.3) is 0 Å². The Morgan fingerprint density at radius 3 is 1.85 bits per heavy atom. The van der Waals surface area contributed by atoms with Gasteiger partial charge in [0.2, 0.25) is 0 Å². The van der Waals surface area contributed by atoms with Crippen LogP contribution in [-0.2, 0) is 0 Å². The minimum Gasteiger partial charge on any atom is -0.309 e. The van der Waals surface area contributed by atoms with Crippen molar-refractivity contribution in [2.24, 2.45) is 0 Å². The number of nitrogens with zero attached hydrogens (tertiary/aromatic N) is 1. The van der Waals surface area contributed by atoms with E-state index in [1.165, 1.54) is 11.3 Å². The molecule has 0 bridgehead atoms. The van der Waals surface area contributed by atoms with E-state index in [1.807, 2.05) is 72.1 Å². The van der Waals surface area contributed by atoms with E-state index in [2.05, 4.69) is 4.90 Å². The van der Waals surface area contributed by atoms with Gasteiger partial charge in [-0.3, -0.25) is 4.79 Å². The second kappa shape index (κ2) is 5.72. The molecule has 0 fully saturated rings. The molecule has 0 aliphatic heterocycles. The number of hydrogen-bond donors (Lipinski definition) is 0. The van der Waals surface area contributed by atoms with Gasteiger partial charge in [-0.1, -0.05) is 36.4 Å². The molecule has 3 aromatic rings. The van der Waals surface area contributed by atoms with Gasteiger partial charge in [-0.2, -0.15) is 0 Å². The van der Waals surface area contributed by atoms with Crippen LogP contribution in [0.1, 0.15) is 9.67 Å². The van der Waals surface area contributed by atoms with Crippen molar-refractivity contribution in [2.75, 3.05) is 4.90 Å². The average Bonchev–Trinajstić information content (AvgIpc) is 2.98. The molecular formula is C17H13NOS. The first-order valence-corrected chi connectivity index (χ1v) is 7.21. The van der Waals surface area contributed by atoms with Gasteiger partial charge >= 0.3 is 0 Å². The maximum absolute atomic E-state index is 11.2. The Kier molecular flexibility index (Phi) is 3.61. The minimum atomic E-state index is 0.734. The number of aldehydes is 1. The fraction of sp³-hybridized carbons (Fsp3) is 0. The molecule has 0 spiro atoms. The molecule has 0 atom stereocenters. The van der Waals surface area contributed by atoms with Crippen molar-refractivity contribution in [3.63, 3.8) is 0 Å². The van der Waals surface area contributed by atoms with Crippen LogP contribution < -0.4 is 4.90 Å². The van der Waals surface area contributed by atoms with Crippen LogP contribution in [0.2, 0.25) is 0 Å². The van der Waals surface area contributed by atoms with Crippen LogP contribution in [0, 0.1) is 0 Å². The number of anilines is 3. The van der Waals surface area contributed by atoms with Crippen LogP contribution in [0.4, 0.5) is 17.1 Å². The maximum atomic E-state index is 11.2. The Hall–Kier alpha value is -2.39. The number of thiophene rings is 1. The van der Waals surface area contributed by atoms with Crippen LogP contribution in [0.5, 0.6) is 0 Å². The maximum Gasteiger partial charge on any atom is 0.162 e. The van der Waals surface area contributed by atoms with Gasteiger partial charge < -0.3 is 4.90 Å². The van der Waals surface area contributed by atoms with E-state index in [0.29, 0.717) is 0 Å². The van der Waals surface area contributed by atoms with Crippen LogP contribution in [-0.4, -0.2) is 6.29 Å². The van der Waals surface area contributed by atoms with Crippen molar-refractivity contribution < 1.29 is 4.79 Å². The molecule has 2 nitrogen and oxygen atoms in total. The molecule has 3 heteroatoms. The van der Waals surface area contributed by atoms with E-state index in [1.54, 1.807) is 0 Å². The lowest BCUT2D eigenvalue weighted by atomic mass is 10.2. The van der Waals surface area contributed by atoms with Gasteiger partial charge in [0.1, 0.15) is 0 Å². The van der Waals surface area contributed by atoms with Crippen LogP contribution in [0.15, 0.2) is 72.1 Å². The molecule has 0 aliphatic carbocycles. The topological polar surface area (TPSA) is 20.3 Å². The highest BCUT2D eigenvalue weighted by atomic mass is 32.1. The number of para-hydroxylation sites is 2.